The number of halogens is 1. The maximum Gasteiger partial charge on any atom is 0.256 e. The zero-order valence-corrected chi connectivity index (χ0v) is 13.3. The lowest BCUT2D eigenvalue weighted by molar-refractivity contribution is 0.0952. The van der Waals surface area contributed by atoms with Gasteiger partial charge < -0.3 is 9.88 Å². The van der Waals surface area contributed by atoms with E-state index in [1.165, 1.54) is 29.0 Å². The SMILES string of the molecule is Cn1cc(C(=O)NCCc2ccccc2)c(=O)c2cccc(F)c21. The molecule has 0 spiro atoms. The van der Waals surface area contributed by atoms with Crippen LogP contribution in [0, 0.1) is 5.82 Å². The molecule has 24 heavy (non-hydrogen) atoms. The maximum atomic E-state index is 13.9. The Labute approximate surface area is 138 Å². The van der Waals surface area contributed by atoms with Crippen LogP contribution in [0.25, 0.3) is 10.9 Å². The van der Waals surface area contributed by atoms with E-state index >= 15 is 0 Å². The Morgan fingerprint density at radius 2 is 1.88 bits per heavy atom. The van der Waals surface area contributed by atoms with E-state index in [1.54, 1.807) is 7.05 Å². The molecule has 0 fully saturated rings. The first-order valence-electron chi connectivity index (χ1n) is 7.68. The van der Waals surface area contributed by atoms with Crippen molar-refractivity contribution < 1.29 is 9.18 Å². The average Bonchev–Trinajstić information content (AvgIpc) is 2.58. The van der Waals surface area contributed by atoms with Gasteiger partial charge in [0.05, 0.1) is 5.52 Å². The third-order valence-electron chi connectivity index (χ3n) is 3.94. The van der Waals surface area contributed by atoms with Crippen molar-refractivity contribution in [3.63, 3.8) is 0 Å². The molecule has 0 atom stereocenters. The summed E-state index contributed by atoms with van der Waals surface area (Å²) in [7, 11) is 1.62. The van der Waals surface area contributed by atoms with Gasteiger partial charge in [0, 0.05) is 25.2 Å². The summed E-state index contributed by atoms with van der Waals surface area (Å²) in [5, 5.41) is 2.95. The molecule has 3 aromatic rings. The highest BCUT2D eigenvalue weighted by atomic mass is 19.1. The van der Waals surface area contributed by atoms with Gasteiger partial charge in [-0.3, -0.25) is 9.59 Å². The van der Waals surface area contributed by atoms with Gasteiger partial charge in [0.1, 0.15) is 11.4 Å². The summed E-state index contributed by atoms with van der Waals surface area (Å²) in [6.45, 7) is 0.424. The molecule has 0 aliphatic carbocycles. The molecule has 1 aromatic heterocycles. The van der Waals surface area contributed by atoms with Crippen LogP contribution in [0.2, 0.25) is 0 Å². The number of pyridine rings is 1. The molecule has 0 aliphatic rings. The minimum absolute atomic E-state index is 0.0173. The molecule has 5 heteroatoms. The van der Waals surface area contributed by atoms with E-state index in [0.29, 0.717) is 13.0 Å². The van der Waals surface area contributed by atoms with Gasteiger partial charge in [-0.15, -0.1) is 0 Å². The minimum Gasteiger partial charge on any atom is -0.352 e. The monoisotopic (exact) mass is 324 g/mol. The number of carbonyl (C=O) groups is 1. The number of nitrogens with zero attached hydrogens (tertiary/aromatic N) is 1. The molecule has 0 radical (unpaired) electrons. The number of fused-ring (bicyclic) bond motifs is 1. The second-order valence-corrected chi connectivity index (χ2v) is 5.61. The Hall–Kier alpha value is -2.95. The van der Waals surface area contributed by atoms with Crippen LogP contribution < -0.4 is 10.7 Å². The summed E-state index contributed by atoms with van der Waals surface area (Å²) in [4.78, 5) is 24.8. The minimum atomic E-state index is -0.483. The van der Waals surface area contributed by atoms with E-state index < -0.39 is 17.2 Å². The van der Waals surface area contributed by atoms with E-state index in [9.17, 15) is 14.0 Å². The standard InChI is InChI=1S/C19H17FN2O2/c1-22-12-15(18(23)14-8-5-9-16(20)17(14)22)19(24)21-11-10-13-6-3-2-4-7-13/h2-9,12H,10-11H2,1H3,(H,21,24). The van der Waals surface area contributed by atoms with E-state index in [2.05, 4.69) is 5.32 Å². The Balaban J connectivity index is 1.83. The lowest BCUT2D eigenvalue weighted by Gasteiger charge is -2.10. The summed E-state index contributed by atoms with van der Waals surface area (Å²) in [5.41, 5.74) is 0.859. The summed E-state index contributed by atoms with van der Waals surface area (Å²) in [6, 6.07) is 14.0. The fourth-order valence-electron chi connectivity index (χ4n) is 2.74. The number of amides is 1. The molecule has 0 aliphatic heterocycles. The number of hydrogen-bond donors (Lipinski definition) is 1. The molecule has 0 saturated heterocycles. The van der Waals surface area contributed by atoms with Crippen LogP contribution >= 0.6 is 0 Å². The zero-order valence-electron chi connectivity index (χ0n) is 13.3. The predicted molar refractivity (Wildman–Crippen MR) is 91.6 cm³/mol. The van der Waals surface area contributed by atoms with Crippen LogP contribution in [-0.4, -0.2) is 17.0 Å². The van der Waals surface area contributed by atoms with Gasteiger partial charge in [0.15, 0.2) is 0 Å². The smallest absolute Gasteiger partial charge is 0.256 e. The molecule has 3 rings (SSSR count). The van der Waals surface area contributed by atoms with Crippen molar-refractivity contribution >= 4 is 16.8 Å². The van der Waals surface area contributed by atoms with Gasteiger partial charge in [-0.2, -0.15) is 0 Å². The van der Waals surface area contributed by atoms with Gasteiger partial charge in [-0.1, -0.05) is 36.4 Å². The Morgan fingerprint density at radius 1 is 1.12 bits per heavy atom. The molecule has 1 N–H and O–H groups in total. The summed E-state index contributed by atoms with van der Waals surface area (Å²) < 4.78 is 15.4. The number of hydrogen-bond acceptors (Lipinski definition) is 2. The molecule has 0 saturated carbocycles. The number of aromatic nitrogens is 1. The number of rotatable bonds is 4. The predicted octanol–water partition coefficient (Wildman–Crippen LogP) is 2.65. The van der Waals surface area contributed by atoms with Gasteiger partial charge in [-0.05, 0) is 24.1 Å². The largest absolute Gasteiger partial charge is 0.352 e. The van der Waals surface area contributed by atoms with E-state index in [4.69, 9.17) is 0 Å². The van der Waals surface area contributed by atoms with Crippen molar-refractivity contribution in [2.24, 2.45) is 7.05 Å². The van der Waals surface area contributed by atoms with Crippen molar-refractivity contribution in [3.8, 4) is 0 Å². The maximum absolute atomic E-state index is 13.9. The summed E-state index contributed by atoms with van der Waals surface area (Å²) >= 11 is 0. The van der Waals surface area contributed by atoms with Crippen molar-refractivity contribution in [3.05, 3.63) is 81.9 Å². The van der Waals surface area contributed by atoms with Crippen LogP contribution in [0.15, 0.2) is 59.5 Å². The fourth-order valence-corrected chi connectivity index (χ4v) is 2.74. The van der Waals surface area contributed by atoms with Crippen LogP contribution in [0.5, 0.6) is 0 Å². The second-order valence-electron chi connectivity index (χ2n) is 5.61. The molecule has 0 unspecified atom stereocenters. The number of carbonyl (C=O) groups excluding carboxylic acids is 1. The van der Waals surface area contributed by atoms with Crippen molar-refractivity contribution in [1.82, 2.24) is 9.88 Å². The van der Waals surface area contributed by atoms with Gasteiger partial charge in [-0.25, -0.2) is 4.39 Å². The van der Waals surface area contributed by atoms with Gasteiger partial charge in [0.25, 0.3) is 5.91 Å². The summed E-state index contributed by atoms with van der Waals surface area (Å²) in [5.74, 6) is -0.930. The van der Waals surface area contributed by atoms with E-state index in [0.717, 1.165) is 5.56 Å². The topological polar surface area (TPSA) is 51.1 Å². The highest BCUT2D eigenvalue weighted by Gasteiger charge is 2.15. The second kappa shape index (κ2) is 6.66. The molecule has 1 amide bonds. The van der Waals surface area contributed by atoms with Crippen LogP contribution in [-0.2, 0) is 13.5 Å². The van der Waals surface area contributed by atoms with Crippen LogP contribution in [0.3, 0.4) is 0 Å². The molecule has 1 heterocycles. The number of para-hydroxylation sites is 1. The first-order valence-corrected chi connectivity index (χ1v) is 7.68. The normalized spacial score (nSPS) is 10.8. The lowest BCUT2D eigenvalue weighted by Crippen LogP contribution is -2.31. The quantitative estimate of drug-likeness (QED) is 0.802. The lowest BCUT2D eigenvalue weighted by atomic mass is 10.1. The fraction of sp³-hybridized carbons (Fsp3) is 0.158. The highest BCUT2D eigenvalue weighted by molar-refractivity contribution is 5.97. The highest BCUT2D eigenvalue weighted by Crippen LogP contribution is 2.14. The average molecular weight is 324 g/mol. The van der Waals surface area contributed by atoms with Crippen molar-refractivity contribution in [2.45, 2.75) is 6.42 Å². The number of nitrogens with one attached hydrogen (secondary N) is 1. The number of aryl methyl sites for hydroxylation is 1. The van der Waals surface area contributed by atoms with Gasteiger partial charge >= 0.3 is 0 Å². The van der Waals surface area contributed by atoms with Crippen molar-refractivity contribution in [2.75, 3.05) is 6.54 Å². The first-order chi connectivity index (χ1) is 11.6. The third kappa shape index (κ3) is 3.06. The number of benzene rings is 2. The first kappa shape index (κ1) is 15.9. The molecule has 0 bridgehead atoms. The molecule has 4 nitrogen and oxygen atoms in total. The summed E-state index contributed by atoms with van der Waals surface area (Å²) in [6.07, 6.45) is 2.06. The molecular formula is C19H17FN2O2. The Bertz CT molecular complexity index is 949. The third-order valence-corrected chi connectivity index (χ3v) is 3.94. The van der Waals surface area contributed by atoms with Crippen molar-refractivity contribution in [1.29, 1.82) is 0 Å². The molecule has 2 aromatic carbocycles. The van der Waals surface area contributed by atoms with Crippen LogP contribution in [0.4, 0.5) is 4.39 Å². The molecular weight excluding hydrogens is 307 g/mol. The van der Waals surface area contributed by atoms with E-state index in [-0.39, 0.29) is 16.5 Å². The molecule has 122 valence electrons. The Kier molecular flexibility index (Phi) is 4.42. The van der Waals surface area contributed by atoms with E-state index in [1.807, 2.05) is 30.3 Å². The Morgan fingerprint density at radius 3 is 2.62 bits per heavy atom. The van der Waals surface area contributed by atoms with Crippen LogP contribution in [0.1, 0.15) is 15.9 Å². The zero-order chi connectivity index (χ0) is 17.1. The van der Waals surface area contributed by atoms with Gasteiger partial charge in [0.2, 0.25) is 5.43 Å².